The molecule has 0 heterocycles. The summed E-state index contributed by atoms with van der Waals surface area (Å²) < 4.78 is 0. The maximum atomic E-state index is 5.78. The van der Waals surface area contributed by atoms with Crippen molar-refractivity contribution in [3.8, 4) is 0 Å². The summed E-state index contributed by atoms with van der Waals surface area (Å²) in [4.78, 5) is 11.6. The normalized spacial score (nSPS) is 27.3. The molecule has 4 fully saturated rings. The van der Waals surface area contributed by atoms with E-state index in [2.05, 4.69) is 190 Å². The van der Waals surface area contributed by atoms with Gasteiger partial charge in [0.05, 0.1) is 0 Å². The van der Waals surface area contributed by atoms with Gasteiger partial charge in [-0.2, -0.15) is 49.2 Å². The number of benzene rings is 2. The van der Waals surface area contributed by atoms with E-state index in [1.807, 2.05) is 60.7 Å². The van der Waals surface area contributed by atoms with E-state index in [9.17, 15) is 0 Å². The molecule has 86 heavy (non-hydrogen) atoms. The number of nitrogens with zero attached hydrogens (tertiary/aromatic N) is 2. The van der Waals surface area contributed by atoms with Gasteiger partial charge in [-0.05, 0) is 47.3 Å². The molecule has 8 aliphatic rings. The van der Waals surface area contributed by atoms with E-state index < -0.39 is 32.6 Å². The molecule has 0 amide bonds. The Morgan fingerprint density at radius 3 is 0.651 bits per heavy atom. The van der Waals surface area contributed by atoms with Gasteiger partial charge in [-0.1, -0.05) is 344 Å². The first-order valence-electron chi connectivity index (χ1n) is 33.4. The van der Waals surface area contributed by atoms with Crippen LogP contribution in [0.4, 0.5) is 0 Å². The van der Waals surface area contributed by atoms with Gasteiger partial charge in [-0.3, -0.25) is 0 Å². The van der Waals surface area contributed by atoms with Gasteiger partial charge < -0.3 is 37.9 Å². The predicted octanol–water partition coefficient (Wildman–Crippen LogP) is 24.7. The van der Waals surface area contributed by atoms with Crippen molar-refractivity contribution in [3.63, 3.8) is 0 Å². The molecule has 0 aliphatic heterocycles. The summed E-state index contributed by atoms with van der Waals surface area (Å²) in [6.45, 7) is 38.9. The average molecular weight is 1300 g/mol. The van der Waals surface area contributed by atoms with Crippen molar-refractivity contribution in [2.45, 2.75) is 230 Å². The quantitative estimate of drug-likeness (QED) is 0.204. The minimum Gasteiger partial charge on any atom is -0.662 e. The summed E-state index contributed by atoms with van der Waals surface area (Å²) in [5, 5.41) is 0. The summed E-state index contributed by atoms with van der Waals surface area (Å²) >= 11 is 0. The van der Waals surface area contributed by atoms with Crippen LogP contribution in [-0.2, 0) is 43.4 Å². The first-order valence-corrected chi connectivity index (χ1v) is 46.9. The molecular formula is C78H126N2Si4Ti2. The van der Waals surface area contributed by atoms with Gasteiger partial charge in [0.1, 0.15) is 0 Å². The monoisotopic (exact) mass is 1300 g/mol. The van der Waals surface area contributed by atoms with E-state index in [-0.39, 0.29) is 58.3 Å². The van der Waals surface area contributed by atoms with Crippen LogP contribution in [-0.4, -0.2) is 44.7 Å². The van der Waals surface area contributed by atoms with Crippen LogP contribution >= 0.6 is 0 Å². The van der Waals surface area contributed by atoms with Crippen LogP contribution in [0, 0.1) is 89.1 Å². The second-order valence-corrected chi connectivity index (χ2v) is 47.9. The summed E-state index contributed by atoms with van der Waals surface area (Å²) in [7, 11) is -5.14. The molecule has 8 atom stereocenters. The van der Waals surface area contributed by atoms with Crippen molar-refractivity contribution in [1.82, 2.24) is 0 Å². The fraction of sp³-hybridized carbons (Fsp3) is 0.564. The first-order chi connectivity index (χ1) is 39.1. The predicted molar refractivity (Wildman–Crippen MR) is 391 cm³/mol. The number of hydrogen-bond acceptors (Lipinski definition) is 0. The standard InChI is InChI=1S/2C27H42NSi.2C7H7.2C4H11Si.2CH3.2Ti/c2*1-29(2,28-22-16-10-8-6-4-3-5-7-9-11-17-22)27-25-20-14-12-18-23(25)24-19-13-15-21-26(24)27;2*1-7-5-3-2-4-6-7;2*1-5(2,3)4;;;;/h2*12-15,18-27H,3-11,16-17H2,1-2H3;2*2-6H,1H2;2*1H2,2-4H3;2*1H3;;/q8*-1;2*+4. The minimum absolute atomic E-state index is 0. The smallest absolute Gasteiger partial charge is 0.662 e. The Morgan fingerprint density at radius 1 is 0.302 bits per heavy atom. The Kier molecular flexibility index (Phi) is 41.4. The Morgan fingerprint density at radius 2 is 0.477 bits per heavy atom. The van der Waals surface area contributed by atoms with Crippen LogP contribution in [0.15, 0.2) is 158 Å². The second kappa shape index (κ2) is 43.2. The molecule has 4 saturated carbocycles. The molecule has 0 radical (unpaired) electrons. The van der Waals surface area contributed by atoms with Gasteiger partial charge in [-0.15, -0.1) is 52.5 Å². The molecule has 2 aromatic rings. The SMILES string of the molecule is C[Si](C)([N-]C1CCCCCCCCCCC1)C1C2C=CC=CC2C2C=CC=CC21.C[Si](C)([N-]C1CCCCCCCCCCC1)C1C2C=CC=CC2C2C=CC=CC21.[CH2-][Si](C)(C)C.[CH2-][Si](C)(C)C.[CH2-]c1ccccc1.[CH2-]c1ccccc1.[CH3-].[CH3-].[Ti+4].[Ti+4]. The molecule has 0 aromatic heterocycles. The molecule has 2 nitrogen and oxygen atoms in total. The summed E-state index contributed by atoms with van der Waals surface area (Å²) in [6.07, 6.45) is 69.6. The molecule has 0 saturated heterocycles. The summed E-state index contributed by atoms with van der Waals surface area (Å²) in [6, 6.07) is 21.0. The van der Waals surface area contributed by atoms with Crippen molar-refractivity contribution < 1.29 is 43.4 Å². The van der Waals surface area contributed by atoms with Crippen molar-refractivity contribution in [3.05, 3.63) is 221 Å². The van der Waals surface area contributed by atoms with Crippen molar-refractivity contribution >= 4 is 32.6 Å². The molecule has 0 bridgehead atoms. The third-order valence-electron chi connectivity index (χ3n) is 17.9. The maximum absolute atomic E-state index is 5.78. The fourth-order valence-corrected chi connectivity index (χ4v) is 22.4. The van der Waals surface area contributed by atoms with Crippen LogP contribution in [0.1, 0.15) is 152 Å². The zero-order chi connectivity index (χ0) is 59.4. The molecule has 0 N–H and O–H groups in total. The van der Waals surface area contributed by atoms with E-state index in [4.69, 9.17) is 9.96 Å². The van der Waals surface area contributed by atoms with Gasteiger partial charge >= 0.3 is 43.4 Å². The largest absolute Gasteiger partial charge is 4.00 e. The topological polar surface area (TPSA) is 28.2 Å². The Balaban J connectivity index is 0.000000601. The Labute approximate surface area is 569 Å². The Hall–Kier alpha value is -1.68. The second-order valence-electron chi connectivity index (χ2n) is 29.2. The number of hydrogen-bond donors (Lipinski definition) is 0. The zero-order valence-electron chi connectivity index (χ0n) is 57.2. The van der Waals surface area contributed by atoms with E-state index in [1.165, 1.54) is 141 Å². The van der Waals surface area contributed by atoms with Gasteiger partial charge in [0.25, 0.3) is 0 Å². The third kappa shape index (κ3) is 31.1. The number of allylic oxidation sites excluding steroid dienone is 16. The maximum Gasteiger partial charge on any atom is 4.00 e. The fourth-order valence-electron chi connectivity index (χ4n) is 14.6. The molecule has 8 heteroatoms. The van der Waals surface area contributed by atoms with Crippen molar-refractivity contribution in [2.75, 3.05) is 0 Å². The third-order valence-corrected chi connectivity index (χ3v) is 24.8. The molecule has 8 unspecified atom stereocenters. The average Bonchev–Trinajstić information content (AvgIpc) is 1.85. The van der Waals surface area contributed by atoms with E-state index in [0.717, 1.165) is 22.2 Å². The number of rotatable bonds is 6. The molecule has 10 rings (SSSR count). The molecule has 8 aliphatic carbocycles. The summed E-state index contributed by atoms with van der Waals surface area (Å²) in [5.74, 6) is 5.53. The minimum atomic E-state index is -1.71. The van der Waals surface area contributed by atoms with Gasteiger partial charge in [-0.25, -0.2) is 0 Å². The van der Waals surface area contributed by atoms with E-state index in [0.29, 0.717) is 59.4 Å². The van der Waals surface area contributed by atoms with Gasteiger partial charge in [0, 0.05) is 0 Å². The molecule has 0 spiro atoms. The van der Waals surface area contributed by atoms with Crippen LogP contribution in [0.3, 0.4) is 0 Å². The van der Waals surface area contributed by atoms with Crippen LogP contribution in [0.5, 0.6) is 0 Å². The van der Waals surface area contributed by atoms with Gasteiger partial charge in [0.15, 0.2) is 0 Å². The van der Waals surface area contributed by atoms with Crippen LogP contribution < -0.4 is 0 Å². The summed E-state index contributed by atoms with van der Waals surface area (Å²) in [5.41, 5.74) is 3.65. The van der Waals surface area contributed by atoms with Gasteiger partial charge in [0.2, 0.25) is 0 Å². The van der Waals surface area contributed by atoms with E-state index >= 15 is 0 Å². The van der Waals surface area contributed by atoms with Crippen LogP contribution in [0.25, 0.3) is 9.96 Å². The van der Waals surface area contributed by atoms with Crippen molar-refractivity contribution in [1.29, 1.82) is 0 Å². The molecule has 472 valence electrons. The zero-order valence-corrected chi connectivity index (χ0v) is 64.3. The van der Waals surface area contributed by atoms with Crippen molar-refractivity contribution in [2.24, 2.45) is 47.3 Å². The molecular weight excluding hydrogens is 1170 g/mol. The Bertz CT molecular complexity index is 2040. The van der Waals surface area contributed by atoms with E-state index in [1.54, 1.807) is 0 Å². The number of fused-ring (bicyclic) bond motifs is 6. The van der Waals surface area contributed by atoms with Crippen LogP contribution in [0.2, 0.25) is 76.6 Å². The first kappa shape index (κ1) is 82.3. The molecule has 2 aromatic carbocycles.